The van der Waals surface area contributed by atoms with E-state index in [0.717, 1.165) is 154 Å². The maximum absolute atomic E-state index is 3.33. The molecule has 0 saturated heterocycles. The molecule has 0 aliphatic heterocycles. The molecular weight excluding hydrogens is 915 g/mol. The Morgan fingerprint density at radius 1 is 0.211 bits per heavy atom. The Bertz CT molecular complexity index is 1820. The van der Waals surface area contributed by atoms with Crippen LogP contribution in [0.2, 0.25) is 0 Å². The van der Waals surface area contributed by atoms with Crippen molar-refractivity contribution in [3.8, 4) is 0 Å². The lowest BCUT2D eigenvalue weighted by atomic mass is 9.44. The Morgan fingerprint density at radius 2 is 0.500 bits per heavy atom. The second-order valence-electron chi connectivity index (χ2n) is 33.0. The normalized spacial score (nSPS) is 50.9. The van der Waals surface area contributed by atoms with Gasteiger partial charge in [0.15, 0.2) is 0 Å². The van der Waals surface area contributed by atoms with Crippen LogP contribution in [0, 0.1) is 136 Å². The Morgan fingerprint density at radius 3 is 1.01 bits per heavy atom. The molecule has 0 heterocycles. The van der Waals surface area contributed by atoms with E-state index in [0.29, 0.717) is 0 Å². The van der Waals surface area contributed by atoms with Crippen LogP contribution in [-0.2, 0) is 0 Å². The van der Waals surface area contributed by atoms with E-state index in [1.54, 1.807) is 205 Å². The fraction of sp³-hybridized carbons (Fsp3) is 0.973. The lowest BCUT2D eigenvalue weighted by Crippen LogP contribution is -2.54. The fourth-order valence-electron chi connectivity index (χ4n) is 27.0. The second kappa shape index (κ2) is 24.5. The fourth-order valence-corrected chi connectivity index (χ4v) is 27.0. The van der Waals surface area contributed by atoms with Gasteiger partial charge in [0.2, 0.25) is 0 Å². The van der Waals surface area contributed by atoms with E-state index in [-0.39, 0.29) is 0 Å². The molecule has 14 aliphatic rings. The van der Waals surface area contributed by atoms with Gasteiger partial charge in [0.1, 0.15) is 0 Å². The number of hydrogen-bond acceptors (Lipinski definition) is 1. The minimum absolute atomic E-state index is 0.877. The molecule has 0 aromatic heterocycles. The van der Waals surface area contributed by atoms with Gasteiger partial charge in [-0.1, -0.05) is 109 Å². The van der Waals surface area contributed by atoms with E-state index in [1.165, 1.54) is 89.9 Å². The van der Waals surface area contributed by atoms with Gasteiger partial charge in [0, 0.05) is 18.1 Å². The van der Waals surface area contributed by atoms with Gasteiger partial charge in [-0.05, 0) is 342 Å². The molecular formula is C75H123N. The van der Waals surface area contributed by atoms with Gasteiger partial charge in [-0.3, -0.25) is 4.90 Å². The third-order valence-corrected chi connectivity index (χ3v) is 30.2. The molecule has 0 aromatic carbocycles. The molecule has 1 heteroatoms. The molecule has 14 saturated carbocycles. The maximum atomic E-state index is 3.33. The molecule has 16 unspecified atom stereocenters. The number of allylic oxidation sites excluding steroid dienone is 2. The highest BCUT2D eigenvalue weighted by atomic mass is 15.2. The van der Waals surface area contributed by atoms with Crippen molar-refractivity contribution in [2.24, 2.45) is 136 Å². The van der Waals surface area contributed by atoms with Crippen LogP contribution < -0.4 is 0 Å². The zero-order valence-electron chi connectivity index (χ0n) is 50.1. The summed E-state index contributed by atoms with van der Waals surface area (Å²) in [5, 5.41) is 0. The Labute approximate surface area is 471 Å². The topological polar surface area (TPSA) is 3.24 Å². The summed E-state index contributed by atoms with van der Waals surface area (Å²) in [5.41, 5.74) is 0. The molecule has 76 heavy (non-hydrogen) atoms. The Balaban J connectivity index is 0.651. The molecule has 0 radical (unpaired) electrons. The lowest BCUT2D eigenvalue weighted by Gasteiger charge is -2.61. The summed E-state index contributed by atoms with van der Waals surface area (Å²) in [5.74, 6) is 24.9. The van der Waals surface area contributed by atoms with Crippen LogP contribution in [0.5, 0.6) is 0 Å². The summed E-state index contributed by atoms with van der Waals surface area (Å²) in [6, 6.07) is 2.71. The van der Waals surface area contributed by atoms with Crippen molar-refractivity contribution in [2.75, 3.05) is 0 Å². The summed E-state index contributed by atoms with van der Waals surface area (Å²) in [6.45, 7) is 2.59. The molecule has 0 spiro atoms. The maximum Gasteiger partial charge on any atom is 0.0102 e. The van der Waals surface area contributed by atoms with Gasteiger partial charge in [-0.2, -0.15) is 0 Å². The van der Waals surface area contributed by atoms with Gasteiger partial charge in [-0.25, -0.2) is 0 Å². The number of rotatable bonds is 9. The zero-order chi connectivity index (χ0) is 50.5. The summed E-state index contributed by atoms with van der Waals surface area (Å²) >= 11 is 0. The molecule has 14 aliphatic carbocycles. The first-order chi connectivity index (χ1) is 37.6. The quantitative estimate of drug-likeness (QED) is 0.208. The first-order valence-electron chi connectivity index (χ1n) is 37.0. The minimum Gasteiger partial charge on any atom is -0.294 e. The van der Waals surface area contributed by atoms with E-state index < -0.39 is 0 Å². The van der Waals surface area contributed by atoms with Crippen molar-refractivity contribution in [2.45, 2.75) is 320 Å². The molecule has 0 bridgehead atoms. The first kappa shape index (κ1) is 53.7. The van der Waals surface area contributed by atoms with Crippen molar-refractivity contribution < 1.29 is 0 Å². The van der Waals surface area contributed by atoms with Crippen LogP contribution in [0.25, 0.3) is 0 Å². The van der Waals surface area contributed by atoms with Crippen LogP contribution in [0.3, 0.4) is 0 Å². The summed E-state index contributed by atoms with van der Waals surface area (Å²) in [6.07, 6.45) is 78.1. The molecule has 14 fully saturated rings. The summed E-state index contributed by atoms with van der Waals surface area (Å²) in [4.78, 5) is 3.33. The molecule has 0 aromatic rings. The Kier molecular flexibility index (Phi) is 17.3. The molecule has 14 rings (SSSR count). The zero-order valence-corrected chi connectivity index (χ0v) is 50.1. The average Bonchev–Trinajstić information content (AvgIpc) is 3.50. The standard InChI is InChI=1S/C75H123N/c1-50-20-26-57(27-21-50)66-44-42-64(70-48-46-68-62-18-10-8-14-53(62)34-40-72(68)74(66)70)55-28-30-58(31-29-55)67-45-43-65(71-49-47-69-63-19-11-9-15-54(63)35-41-73(69)75(67)71)56-32-38-61(39-33-56)76(59-16-6-3-7-17-59)60-36-24-52(25-37-60)23-22-51-12-4-2-5-13-51/h22-23,50-75H,2-21,24-49H2,1H3. The third-order valence-electron chi connectivity index (χ3n) is 30.2. The van der Waals surface area contributed by atoms with Crippen LogP contribution in [-0.4, -0.2) is 23.0 Å². The van der Waals surface area contributed by atoms with E-state index in [4.69, 9.17) is 0 Å². The van der Waals surface area contributed by atoms with E-state index in [9.17, 15) is 0 Å². The Hall–Kier alpha value is -0.300. The molecule has 0 N–H and O–H groups in total. The third kappa shape index (κ3) is 10.9. The van der Waals surface area contributed by atoms with Gasteiger partial charge >= 0.3 is 0 Å². The molecule has 0 amide bonds. The average molecular weight is 1040 g/mol. The van der Waals surface area contributed by atoms with Crippen molar-refractivity contribution in [3.05, 3.63) is 12.2 Å². The summed E-state index contributed by atoms with van der Waals surface area (Å²) in [7, 11) is 0. The number of nitrogens with zero attached hydrogens (tertiary/aromatic N) is 1. The molecule has 16 atom stereocenters. The van der Waals surface area contributed by atoms with Crippen molar-refractivity contribution in [1.82, 2.24) is 4.90 Å². The van der Waals surface area contributed by atoms with Gasteiger partial charge in [-0.15, -0.1) is 0 Å². The highest BCUT2D eigenvalue weighted by molar-refractivity contribution is 5.08. The van der Waals surface area contributed by atoms with Crippen LogP contribution in [0.4, 0.5) is 0 Å². The van der Waals surface area contributed by atoms with Crippen LogP contribution in [0.15, 0.2) is 12.2 Å². The number of hydrogen-bond donors (Lipinski definition) is 0. The van der Waals surface area contributed by atoms with Crippen LogP contribution >= 0.6 is 0 Å². The SMILES string of the molecule is CC1CCC(C2CCC(C3CCC(C4CCC(C5CCC(N(C6CCCCC6)C6CCC(C=CC7CCCCC7)CC6)CC5)C5CCC6C7CCCCC7CCC6C45)CC3)C3CCC4C5CCCCC5CCC4C23)CC1. The first-order valence-corrected chi connectivity index (χ1v) is 37.0. The monoisotopic (exact) mass is 1040 g/mol. The van der Waals surface area contributed by atoms with Crippen LogP contribution in [0.1, 0.15) is 302 Å². The highest BCUT2D eigenvalue weighted by Crippen LogP contribution is 2.66. The predicted molar refractivity (Wildman–Crippen MR) is 321 cm³/mol. The largest absolute Gasteiger partial charge is 0.294 e. The summed E-state index contributed by atoms with van der Waals surface area (Å²) < 4.78 is 0. The van der Waals surface area contributed by atoms with E-state index in [1.807, 2.05) is 0 Å². The van der Waals surface area contributed by atoms with Gasteiger partial charge in [0.05, 0.1) is 0 Å². The number of fused-ring (bicyclic) bond motifs is 10. The van der Waals surface area contributed by atoms with Crippen molar-refractivity contribution in [1.29, 1.82) is 0 Å². The minimum atomic E-state index is 0.877. The van der Waals surface area contributed by atoms with E-state index >= 15 is 0 Å². The predicted octanol–water partition coefficient (Wildman–Crippen LogP) is 21.3. The smallest absolute Gasteiger partial charge is 0.0102 e. The lowest BCUT2D eigenvalue weighted by molar-refractivity contribution is -0.120. The van der Waals surface area contributed by atoms with Crippen molar-refractivity contribution >= 4 is 0 Å². The van der Waals surface area contributed by atoms with Gasteiger partial charge in [0.25, 0.3) is 0 Å². The van der Waals surface area contributed by atoms with Crippen molar-refractivity contribution in [3.63, 3.8) is 0 Å². The highest BCUT2D eigenvalue weighted by Gasteiger charge is 2.58. The van der Waals surface area contributed by atoms with Gasteiger partial charge < -0.3 is 0 Å². The second-order valence-corrected chi connectivity index (χ2v) is 33.0. The molecule has 428 valence electrons. The molecule has 1 nitrogen and oxygen atoms in total. The van der Waals surface area contributed by atoms with E-state index in [2.05, 4.69) is 24.0 Å².